The SMILES string of the molecule is Cc1ccc(CN2CCN(C(=O)C(C)C)CC3(CCCC(=O)N3)C2)o1. The predicted molar refractivity (Wildman–Crippen MR) is 94.9 cm³/mol. The minimum atomic E-state index is -0.349. The third kappa shape index (κ3) is 4.24. The lowest BCUT2D eigenvalue weighted by atomic mass is 9.87. The Morgan fingerprint density at radius 3 is 2.76 bits per heavy atom. The Hall–Kier alpha value is -1.82. The average molecular weight is 347 g/mol. The highest BCUT2D eigenvalue weighted by molar-refractivity contribution is 5.79. The zero-order valence-corrected chi connectivity index (χ0v) is 15.5. The number of carbonyl (C=O) groups excluding carboxylic acids is 2. The van der Waals surface area contributed by atoms with E-state index in [2.05, 4.69) is 10.2 Å². The number of piperidine rings is 1. The summed E-state index contributed by atoms with van der Waals surface area (Å²) in [7, 11) is 0. The fourth-order valence-electron chi connectivity index (χ4n) is 3.99. The number of hydrogen-bond acceptors (Lipinski definition) is 4. The summed E-state index contributed by atoms with van der Waals surface area (Å²) in [6, 6.07) is 3.98. The van der Waals surface area contributed by atoms with Crippen LogP contribution in [-0.4, -0.2) is 53.3 Å². The van der Waals surface area contributed by atoms with Crippen LogP contribution in [0.1, 0.15) is 44.6 Å². The van der Waals surface area contributed by atoms with Crippen LogP contribution >= 0.6 is 0 Å². The Kier molecular flexibility index (Phi) is 5.18. The number of nitrogens with one attached hydrogen (secondary N) is 1. The highest BCUT2D eigenvalue weighted by atomic mass is 16.3. The van der Waals surface area contributed by atoms with Crippen molar-refractivity contribution in [1.29, 1.82) is 0 Å². The zero-order valence-electron chi connectivity index (χ0n) is 15.5. The molecule has 1 spiro atoms. The van der Waals surface area contributed by atoms with Gasteiger partial charge in [-0.3, -0.25) is 14.5 Å². The molecule has 1 N–H and O–H groups in total. The molecule has 2 aliphatic heterocycles. The quantitative estimate of drug-likeness (QED) is 0.907. The molecule has 3 rings (SSSR count). The minimum absolute atomic E-state index is 0.0318. The first-order valence-electron chi connectivity index (χ1n) is 9.24. The lowest BCUT2D eigenvalue weighted by molar-refractivity contribution is -0.136. The number of furan rings is 1. The second kappa shape index (κ2) is 7.20. The maximum absolute atomic E-state index is 12.6. The van der Waals surface area contributed by atoms with Crippen molar-refractivity contribution < 1.29 is 14.0 Å². The molecule has 2 aliphatic rings. The van der Waals surface area contributed by atoms with Crippen molar-refractivity contribution in [2.45, 2.75) is 52.1 Å². The maximum Gasteiger partial charge on any atom is 0.225 e. The second-order valence-electron chi connectivity index (χ2n) is 7.82. The van der Waals surface area contributed by atoms with Crippen LogP contribution < -0.4 is 5.32 Å². The molecule has 1 aromatic rings. The van der Waals surface area contributed by atoms with E-state index >= 15 is 0 Å². The normalized spacial score (nSPS) is 25.3. The van der Waals surface area contributed by atoms with Gasteiger partial charge in [0, 0.05) is 38.5 Å². The van der Waals surface area contributed by atoms with Crippen LogP contribution in [0.25, 0.3) is 0 Å². The molecule has 1 atom stereocenters. The summed E-state index contributed by atoms with van der Waals surface area (Å²) in [5.41, 5.74) is -0.349. The van der Waals surface area contributed by atoms with Crippen molar-refractivity contribution >= 4 is 11.8 Å². The van der Waals surface area contributed by atoms with Crippen LogP contribution in [0.5, 0.6) is 0 Å². The van der Waals surface area contributed by atoms with Gasteiger partial charge in [0.25, 0.3) is 0 Å². The molecule has 0 aliphatic carbocycles. The zero-order chi connectivity index (χ0) is 18.0. The summed E-state index contributed by atoms with van der Waals surface area (Å²) in [6.45, 7) is 9.34. The monoisotopic (exact) mass is 347 g/mol. The Bertz CT molecular complexity index is 640. The third-order valence-corrected chi connectivity index (χ3v) is 5.15. The predicted octanol–water partition coefficient (Wildman–Crippen LogP) is 1.93. The van der Waals surface area contributed by atoms with Gasteiger partial charge in [-0.1, -0.05) is 13.8 Å². The summed E-state index contributed by atoms with van der Waals surface area (Å²) in [5.74, 6) is 2.06. The molecule has 3 heterocycles. The first-order valence-corrected chi connectivity index (χ1v) is 9.24. The number of hydrogen-bond donors (Lipinski definition) is 1. The van der Waals surface area contributed by atoms with Crippen molar-refractivity contribution in [3.8, 4) is 0 Å². The summed E-state index contributed by atoms with van der Waals surface area (Å²) in [4.78, 5) is 28.9. The number of nitrogens with zero attached hydrogens (tertiary/aromatic N) is 2. The standard InChI is InChI=1S/C19H29N3O3/c1-14(2)18(24)22-10-9-21(11-16-7-6-15(3)25-16)12-19(13-22)8-4-5-17(23)20-19/h6-7,14H,4-5,8-13H2,1-3H3,(H,20,23). The lowest BCUT2D eigenvalue weighted by Gasteiger charge is -2.41. The van der Waals surface area contributed by atoms with Gasteiger partial charge >= 0.3 is 0 Å². The van der Waals surface area contributed by atoms with E-state index in [0.717, 1.165) is 37.5 Å². The maximum atomic E-state index is 12.6. The molecule has 0 aromatic carbocycles. The number of aryl methyl sites for hydroxylation is 1. The molecule has 0 radical (unpaired) electrons. The number of carbonyl (C=O) groups is 2. The molecule has 1 aromatic heterocycles. The lowest BCUT2D eigenvalue weighted by Crippen LogP contribution is -2.61. The fourth-order valence-corrected chi connectivity index (χ4v) is 3.99. The van der Waals surface area contributed by atoms with E-state index in [4.69, 9.17) is 4.42 Å². The Morgan fingerprint density at radius 2 is 2.12 bits per heavy atom. The van der Waals surface area contributed by atoms with Crippen LogP contribution in [0.15, 0.2) is 16.5 Å². The molecule has 1 unspecified atom stereocenters. The van der Waals surface area contributed by atoms with E-state index in [9.17, 15) is 9.59 Å². The molecule has 6 heteroatoms. The summed E-state index contributed by atoms with van der Waals surface area (Å²) < 4.78 is 5.73. The van der Waals surface area contributed by atoms with Crippen molar-refractivity contribution in [3.05, 3.63) is 23.7 Å². The van der Waals surface area contributed by atoms with Crippen molar-refractivity contribution in [3.63, 3.8) is 0 Å². The highest BCUT2D eigenvalue weighted by Gasteiger charge is 2.41. The fraction of sp³-hybridized carbons (Fsp3) is 0.684. The second-order valence-corrected chi connectivity index (χ2v) is 7.82. The van der Waals surface area contributed by atoms with Crippen molar-refractivity contribution in [2.24, 2.45) is 5.92 Å². The first-order chi connectivity index (χ1) is 11.9. The van der Waals surface area contributed by atoms with E-state index in [1.165, 1.54) is 0 Å². The summed E-state index contributed by atoms with van der Waals surface area (Å²) in [6.07, 6.45) is 2.37. The molecular weight excluding hydrogens is 318 g/mol. The molecule has 0 saturated carbocycles. The third-order valence-electron chi connectivity index (χ3n) is 5.15. The van der Waals surface area contributed by atoms with E-state index in [1.807, 2.05) is 37.8 Å². The molecule has 6 nitrogen and oxygen atoms in total. The van der Waals surface area contributed by atoms with Crippen molar-refractivity contribution in [1.82, 2.24) is 15.1 Å². The molecule has 138 valence electrons. The average Bonchev–Trinajstić information content (AvgIpc) is 2.87. The number of amides is 2. The van der Waals surface area contributed by atoms with Crippen molar-refractivity contribution in [2.75, 3.05) is 26.2 Å². The van der Waals surface area contributed by atoms with Crippen LogP contribution in [0, 0.1) is 12.8 Å². The molecule has 0 bridgehead atoms. The Balaban J connectivity index is 1.80. The summed E-state index contributed by atoms with van der Waals surface area (Å²) in [5, 5.41) is 3.21. The molecule has 25 heavy (non-hydrogen) atoms. The molecule has 2 fully saturated rings. The van der Waals surface area contributed by atoms with Crippen LogP contribution in [0.3, 0.4) is 0 Å². The summed E-state index contributed by atoms with van der Waals surface area (Å²) >= 11 is 0. The van der Waals surface area contributed by atoms with Gasteiger partial charge in [0.2, 0.25) is 11.8 Å². The minimum Gasteiger partial charge on any atom is -0.465 e. The molecular formula is C19H29N3O3. The van der Waals surface area contributed by atoms with E-state index < -0.39 is 0 Å². The van der Waals surface area contributed by atoms with Gasteiger partial charge in [0.15, 0.2) is 0 Å². The largest absolute Gasteiger partial charge is 0.465 e. The number of rotatable bonds is 3. The van der Waals surface area contributed by atoms with Gasteiger partial charge in [0.05, 0.1) is 12.1 Å². The Labute approximate surface area is 149 Å². The van der Waals surface area contributed by atoms with E-state index in [-0.39, 0.29) is 23.3 Å². The van der Waals surface area contributed by atoms with Gasteiger partial charge in [-0.15, -0.1) is 0 Å². The molecule has 2 saturated heterocycles. The van der Waals surface area contributed by atoms with Crippen LogP contribution in [0.4, 0.5) is 0 Å². The smallest absolute Gasteiger partial charge is 0.225 e. The Morgan fingerprint density at radius 1 is 1.32 bits per heavy atom. The highest BCUT2D eigenvalue weighted by Crippen LogP contribution is 2.26. The topological polar surface area (TPSA) is 65.8 Å². The van der Waals surface area contributed by atoms with Gasteiger partial charge in [0.1, 0.15) is 11.5 Å². The van der Waals surface area contributed by atoms with Crippen LogP contribution in [-0.2, 0) is 16.1 Å². The molecule has 2 amide bonds. The van der Waals surface area contributed by atoms with E-state index in [1.54, 1.807) is 0 Å². The van der Waals surface area contributed by atoms with Gasteiger partial charge in [-0.2, -0.15) is 0 Å². The first kappa shape index (κ1) is 18.0. The van der Waals surface area contributed by atoms with E-state index in [0.29, 0.717) is 26.1 Å². The van der Waals surface area contributed by atoms with Gasteiger partial charge < -0.3 is 14.6 Å². The van der Waals surface area contributed by atoms with Crippen LogP contribution in [0.2, 0.25) is 0 Å². The van der Waals surface area contributed by atoms with Gasteiger partial charge in [-0.25, -0.2) is 0 Å². The van der Waals surface area contributed by atoms with Gasteiger partial charge in [-0.05, 0) is 31.9 Å².